The fourth-order valence-electron chi connectivity index (χ4n) is 1.55. The van der Waals surface area contributed by atoms with Gasteiger partial charge < -0.3 is 15.4 Å². The molecule has 0 aromatic carbocycles. The molecule has 2 N–H and O–H groups in total. The van der Waals surface area contributed by atoms with Crippen molar-refractivity contribution in [3.63, 3.8) is 0 Å². The van der Waals surface area contributed by atoms with Gasteiger partial charge in [-0.3, -0.25) is 9.78 Å². The van der Waals surface area contributed by atoms with Gasteiger partial charge in [-0.2, -0.15) is 5.26 Å². The van der Waals surface area contributed by atoms with Crippen LogP contribution >= 0.6 is 0 Å². The zero-order chi connectivity index (χ0) is 14.1. The number of methoxy groups -OCH3 is 1. The largest absolute Gasteiger partial charge is 0.397 e. The Kier molecular flexibility index (Phi) is 6.33. The molecule has 19 heavy (non-hydrogen) atoms. The number of pyridine rings is 1. The van der Waals surface area contributed by atoms with Gasteiger partial charge in [-0.25, -0.2) is 0 Å². The molecule has 0 aliphatic rings. The number of nitrogens with zero attached hydrogens (tertiary/aromatic N) is 3. The summed E-state index contributed by atoms with van der Waals surface area (Å²) in [5.41, 5.74) is 6.77. The molecular formula is C13H18N4O2. The summed E-state index contributed by atoms with van der Waals surface area (Å²) in [6, 6.07) is 5.47. The fraction of sp³-hybridized carbons (Fsp3) is 0.462. The predicted molar refractivity (Wildman–Crippen MR) is 71.0 cm³/mol. The zero-order valence-electron chi connectivity index (χ0n) is 11.0. The summed E-state index contributed by atoms with van der Waals surface area (Å²) < 4.78 is 4.96. The van der Waals surface area contributed by atoms with Gasteiger partial charge in [0.25, 0.3) is 0 Å². The van der Waals surface area contributed by atoms with Crippen molar-refractivity contribution in [2.45, 2.75) is 12.8 Å². The maximum absolute atomic E-state index is 12.1. The van der Waals surface area contributed by atoms with Gasteiger partial charge in [0.2, 0.25) is 5.91 Å². The van der Waals surface area contributed by atoms with Crippen molar-refractivity contribution in [2.75, 3.05) is 32.5 Å². The van der Waals surface area contributed by atoms with E-state index in [0.29, 0.717) is 37.5 Å². The van der Waals surface area contributed by atoms with Crippen LogP contribution in [0.4, 0.5) is 5.69 Å². The number of nitrogen functional groups attached to an aromatic ring is 1. The van der Waals surface area contributed by atoms with E-state index in [2.05, 4.69) is 4.98 Å². The van der Waals surface area contributed by atoms with Crippen molar-refractivity contribution in [3.8, 4) is 6.07 Å². The van der Waals surface area contributed by atoms with Gasteiger partial charge in [-0.15, -0.1) is 0 Å². The highest BCUT2D eigenvalue weighted by atomic mass is 16.5. The predicted octanol–water partition coefficient (Wildman–Crippen LogP) is 0.595. The highest BCUT2D eigenvalue weighted by Gasteiger charge is 2.14. The summed E-state index contributed by atoms with van der Waals surface area (Å²) in [7, 11) is 1.58. The van der Waals surface area contributed by atoms with Crippen LogP contribution in [-0.2, 0) is 16.0 Å². The summed E-state index contributed by atoms with van der Waals surface area (Å²) in [5, 5.41) is 8.60. The lowest BCUT2D eigenvalue weighted by molar-refractivity contribution is -0.131. The number of aromatic nitrogens is 1. The molecule has 0 unspecified atom stereocenters. The first kappa shape index (κ1) is 14.9. The van der Waals surface area contributed by atoms with Gasteiger partial charge in [0, 0.05) is 25.9 Å². The molecule has 1 amide bonds. The first-order chi connectivity index (χ1) is 9.17. The highest BCUT2D eigenvalue weighted by molar-refractivity contribution is 5.78. The molecule has 0 bridgehead atoms. The molecule has 0 aliphatic heterocycles. The second-order valence-electron chi connectivity index (χ2n) is 4.04. The third-order valence-corrected chi connectivity index (χ3v) is 2.59. The van der Waals surface area contributed by atoms with Gasteiger partial charge in [0.1, 0.15) is 0 Å². The van der Waals surface area contributed by atoms with Crippen LogP contribution in [0.15, 0.2) is 18.3 Å². The minimum absolute atomic E-state index is 0.0652. The number of amides is 1. The minimum Gasteiger partial charge on any atom is -0.397 e. The molecule has 6 nitrogen and oxygen atoms in total. The Hall–Kier alpha value is -2.13. The molecule has 0 radical (unpaired) electrons. The van der Waals surface area contributed by atoms with Crippen LogP contribution in [0.1, 0.15) is 12.1 Å². The Bertz CT molecular complexity index is 439. The van der Waals surface area contributed by atoms with E-state index in [0.717, 1.165) is 0 Å². The van der Waals surface area contributed by atoms with Crippen LogP contribution in [0.3, 0.4) is 0 Å². The van der Waals surface area contributed by atoms with Crippen molar-refractivity contribution in [1.29, 1.82) is 5.26 Å². The lowest BCUT2D eigenvalue weighted by Gasteiger charge is -2.21. The van der Waals surface area contributed by atoms with Crippen molar-refractivity contribution in [2.24, 2.45) is 0 Å². The Labute approximate surface area is 112 Å². The smallest absolute Gasteiger partial charge is 0.228 e. The lowest BCUT2D eigenvalue weighted by atomic mass is 10.2. The lowest BCUT2D eigenvalue weighted by Crippen LogP contribution is -2.35. The first-order valence-corrected chi connectivity index (χ1v) is 6.01. The average molecular weight is 262 g/mol. The Balaban J connectivity index is 2.59. The van der Waals surface area contributed by atoms with Crippen LogP contribution in [0.25, 0.3) is 0 Å². The second-order valence-corrected chi connectivity index (χ2v) is 4.04. The summed E-state index contributed by atoms with van der Waals surface area (Å²) in [6.45, 7) is 1.34. The number of carbonyl (C=O) groups excluding carboxylic acids is 1. The van der Waals surface area contributed by atoms with Gasteiger partial charge in [0.05, 0.1) is 37.4 Å². The number of ether oxygens (including phenoxy) is 1. The van der Waals surface area contributed by atoms with Crippen molar-refractivity contribution in [3.05, 3.63) is 24.0 Å². The molecule has 0 aliphatic carbocycles. The molecule has 6 heteroatoms. The van der Waals surface area contributed by atoms with E-state index >= 15 is 0 Å². The van der Waals surface area contributed by atoms with E-state index in [9.17, 15) is 4.79 Å². The number of hydrogen-bond acceptors (Lipinski definition) is 5. The van der Waals surface area contributed by atoms with Crippen molar-refractivity contribution in [1.82, 2.24) is 9.88 Å². The van der Waals surface area contributed by atoms with Gasteiger partial charge in [0.15, 0.2) is 0 Å². The van der Waals surface area contributed by atoms with Gasteiger partial charge in [-0.1, -0.05) is 0 Å². The Morgan fingerprint density at radius 2 is 2.32 bits per heavy atom. The monoisotopic (exact) mass is 262 g/mol. The zero-order valence-corrected chi connectivity index (χ0v) is 11.0. The molecule has 1 heterocycles. The van der Waals surface area contributed by atoms with E-state index in [4.69, 9.17) is 15.7 Å². The molecule has 0 saturated heterocycles. The Morgan fingerprint density at radius 3 is 2.89 bits per heavy atom. The quantitative estimate of drug-likeness (QED) is 0.776. The van der Waals surface area contributed by atoms with E-state index in [-0.39, 0.29) is 12.3 Å². The van der Waals surface area contributed by atoms with Crippen molar-refractivity contribution < 1.29 is 9.53 Å². The summed E-state index contributed by atoms with van der Waals surface area (Å²) >= 11 is 0. The molecule has 1 rings (SSSR count). The van der Waals surface area contributed by atoms with E-state index in [1.165, 1.54) is 6.20 Å². The van der Waals surface area contributed by atoms with Crippen molar-refractivity contribution >= 4 is 11.6 Å². The van der Waals surface area contributed by atoms with Crippen LogP contribution in [0.5, 0.6) is 0 Å². The van der Waals surface area contributed by atoms with Gasteiger partial charge in [-0.05, 0) is 12.1 Å². The van der Waals surface area contributed by atoms with Crippen LogP contribution in [0, 0.1) is 11.3 Å². The molecule has 102 valence electrons. The number of anilines is 1. The summed E-state index contributed by atoms with van der Waals surface area (Å²) in [5.74, 6) is -0.0652. The number of nitrogens with two attached hydrogens (primary N) is 1. The molecule has 0 spiro atoms. The first-order valence-electron chi connectivity index (χ1n) is 6.01. The van der Waals surface area contributed by atoms with Gasteiger partial charge >= 0.3 is 0 Å². The molecule has 0 fully saturated rings. The molecule has 0 saturated carbocycles. The van der Waals surface area contributed by atoms with E-state index in [1.807, 2.05) is 6.07 Å². The Morgan fingerprint density at radius 1 is 1.53 bits per heavy atom. The summed E-state index contributed by atoms with van der Waals surface area (Å²) in [6.07, 6.45) is 2.04. The molecule has 1 aromatic rings. The third-order valence-electron chi connectivity index (χ3n) is 2.59. The maximum Gasteiger partial charge on any atom is 0.228 e. The molecule has 0 atom stereocenters. The normalized spacial score (nSPS) is 9.89. The minimum atomic E-state index is -0.0652. The number of rotatable bonds is 7. The van der Waals surface area contributed by atoms with E-state index < -0.39 is 0 Å². The average Bonchev–Trinajstić information content (AvgIpc) is 2.41. The highest BCUT2D eigenvalue weighted by Crippen LogP contribution is 2.04. The number of hydrogen-bond donors (Lipinski definition) is 1. The van der Waals surface area contributed by atoms with E-state index in [1.54, 1.807) is 24.1 Å². The fourth-order valence-corrected chi connectivity index (χ4v) is 1.55. The second kappa shape index (κ2) is 8.06. The SMILES string of the molecule is COCCN(CCC#N)C(=O)Cc1ccc(N)cn1. The summed E-state index contributed by atoms with van der Waals surface area (Å²) in [4.78, 5) is 17.8. The third kappa shape index (κ3) is 5.36. The maximum atomic E-state index is 12.1. The number of carbonyl (C=O) groups is 1. The van der Waals surface area contributed by atoms with Crippen LogP contribution < -0.4 is 5.73 Å². The molecule has 1 aromatic heterocycles. The molecular weight excluding hydrogens is 244 g/mol. The van der Waals surface area contributed by atoms with Crippen LogP contribution in [0.2, 0.25) is 0 Å². The topological polar surface area (TPSA) is 92.2 Å². The number of nitriles is 1. The van der Waals surface area contributed by atoms with Crippen LogP contribution in [-0.4, -0.2) is 42.6 Å². The standard InChI is InChI=1S/C13H18N4O2/c1-19-8-7-17(6-2-5-14)13(18)9-12-4-3-11(15)10-16-12/h3-4,10H,2,6-9,15H2,1H3.